The first-order valence-electron chi connectivity index (χ1n) is 6.29. The molecule has 0 spiro atoms. The number of hydrogen-bond donors (Lipinski definition) is 1. The van der Waals surface area contributed by atoms with E-state index in [2.05, 4.69) is 6.92 Å². The molecule has 0 radical (unpaired) electrons. The third kappa shape index (κ3) is 2.53. The molecule has 2 nitrogen and oxygen atoms in total. The lowest BCUT2D eigenvalue weighted by atomic mass is 10.1. The zero-order chi connectivity index (χ0) is 13.6. The molecule has 2 aromatic rings. The van der Waals surface area contributed by atoms with Crippen LogP contribution in [0.1, 0.15) is 42.5 Å². The minimum absolute atomic E-state index is 0.481. The van der Waals surface area contributed by atoms with E-state index in [0.29, 0.717) is 33.2 Å². The van der Waals surface area contributed by atoms with E-state index in [9.17, 15) is 5.11 Å². The molecule has 1 aromatic heterocycles. The van der Waals surface area contributed by atoms with Gasteiger partial charge in [0.25, 0.3) is 0 Å². The van der Waals surface area contributed by atoms with E-state index in [4.69, 9.17) is 27.6 Å². The van der Waals surface area contributed by atoms with Crippen LogP contribution in [0.15, 0.2) is 34.7 Å². The van der Waals surface area contributed by atoms with Crippen LogP contribution in [0, 0.1) is 5.92 Å². The minimum atomic E-state index is -0.881. The number of rotatable bonds is 3. The van der Waals surface area contributed by atoms with Crippen molar-refractivity contribution in [2.45, 2.75) is 25.4 Å². The van der Waals surface area contributed by atoms with Crippen molar-refractivity contribution in [3.05, 3.63) is 57.5 Å². The van der Waals surface area contributed by atoms with Crippen LogP contribution in [0.2, 0.25) is 10.0 Å². The highest BCUT2D eigenvalue weighted by Crippen LogP contribution is 2.48. The Hall–Kier alpha value is -0.960. The van der Waals surface area contributed by atoms with Gasteiger partial charge in [-0.3, -0.25) is 0 Å². The summed E-state index contributed by atoms with van der Waals surface area (Å²) in [6.45, 7) is 2.19. The highest BCUT2D eigenvalue weighted by atomic mass is 35.5. The minimum Gasteiger partial charge on any atom is -0.463 e. The van der Waals surface area contributed by atoms with Crippen LogP contribution in [0.5, 0.6) is 0 Å². The Bertz CT molecular complexity index is 606. The summed E-state index contributed by atoms with van der Waals surface area (Å²) >= 11 is 12.0. The fourth-order valence-electron chi connectivity index (χ4n) is 2.31. The molecule has 4 heteroatoms. The average molecular weight is 297 g/mol. The summed E-state index contributed by atoms with van der Waals surface area (Å²) in [5, 5.41) is 11.4. The van der Waals surface area contributed by atoms with Crippen LogP contribution in [0.25, 0.3) is 0 Å². The molecule has 1 saturated carbocycles. The van der Waals surface area contributed by atoms with E-state index in [1.807, 2.05) is 12.1 Å². The molecule has 1 heterocycles. The van der Waals surface area contributed by atoms with Gasteiger partial charge in [-0.2, -0.15) is 0 Å². The second-order valence-corrected chi connectivity index (χ2v) is 5.97. The van der Waals surface area contributed by atoms with Crippen LogP contribution in [0.4, 0.5) is 0 Å². The van der Waals surface area contributed by atoms with Gasteiger partial charge in [-0.1, -0.05) is 30.1 Å². The highest BCUT2D eigenvalue weighted by molar-refractivity contribution is 6.33. The van der Waals surface area contributed by atoms with Gasteiger partial charge >= 0.3 is 0 Å². The first-order chi connectivity index (χ1) is 9.06. The molecule has 100 valence electrons. The highest BCUT2D eigenvalue weighted by Gasteiger charge is 2.37. The van der Waals surface area contributed by atoms with Gasteiger partial charge in [0, 0.05) is 21.5 Å². The number of furan rings is 1. The van der Waals surface area contributed by atoms with Gasteiger partial charge in [-0.05, 0) is 42.7 Å². The lowest BCUT2D eigenvalue weighted by Crippen LogP contribution is -1.99. The number of aliphatic hydroxyl groups excluding tert-OH is 1. The van der Waals surface area contributed by atoms with Crippen LogP contribution in [-0.2, 0) is 0 Å². The van der Waals surface area contributed by atoms with Crippen LogP contribution in [-0.4, -0.2) is 5.11 Å². The number of aliphatic hydroxyl groups is 1. The van der Waals surface area contributed by atoms with Gasteiger partial charge < -0.3 is 9.52 Å². The maximum atomic E-state index is 10.3. The van der Waals surface area contributed by atoms with E-state index in [-0.39, 0.29) is 0 Å². The maximum Gasteiger partial charge on any atom is 0.138 e. The molecule has 3 unspecified atom stereocenters. The Morgan fingerprint density at radius 3 is 2.68 bits per heavy atom. The van der Waals surface area contributed by atoms with Crippen molar-refractivity contribution < 1.29 is 9.52 Å². The SMILES string of the molecule is CC1CC1c1ccc(C(O)c2cc(Cl)ccc2Cl)o1. The largest absolute Gasteiger partial charge is 0.463 e. The second-order valence-electron chi connectivity index (χ2n) is 5.13. The van der Waals surface area contributed by atoms with Gasteiger partial charge in [-0.25, -0.2) is 0 Å². The van der Waals surface area contributed by atoms with Crippen molar-refractivity contribution in [2.75, 3.05) is 0 Å². The van der Waals surface area contributed by atoms with Gasteiger partial charge in [0.05, 0.1) is 0 Å². The van der Waals surface area contributed by atoms with Crippen molar-refractivity contribution in [3.63, 3.8) is 0 Å². The lowest BCUT2D eigenvalue weighted by molar-refractivity contribution is 0.186. The summed E-state index contributed by atoms with van der Waals surface area (Å²) in [4.78, 5) is 0. The van der Waals surface area contributed by atoms with Crippen molar-refractivity contribution >= 4 is 23.2 Å². The summed E-state index contributed by atoms with van der Waals surface area (Å²) in [5.74, 6) is 2.62. The van der Waals surface area contributed by atoms with Gasteiger partial charge in [0.2, 0.25) is 0 Å². The normalized spacial score (nSPS) is 23.4. The number of halogens is 2. The Morgan fingerprint density at radius 1 is 1.26 bits per heavy atom. The van der Waals surface area contributed by atoms with Crippen LogP contribution in [0.3, 0.4) is 0 Å². The third-order valence-corrected chi connectivity index (χ3v) is 4.22. The topological polar surface area (TPSA) is 33.4 Å². The van der Waals surface area contributed by atoms with Gasteiger partial charge in [0.1, 0.15) is 17.6 Å². The fraction of sp³-hybridized carbons (Fsp3) is 0.333. The lowest BCUT2D eigenvalue weighted by Gasteiger charge is -2.10. The first-order valence-corrected chi connectivity index (χ1v) is 7.04. The van der Waals surface area contributed by atoms with E-state index >= 15 is 0 Å². The molecule has 19 heavy (non-hydrogen) atoms. The monoisotopic (exact) mass is 296 g/mol. The quantitative estimate of drug-likeness (QED) is 0.883. The molecular formula is C15H14Cl2O2. The van der Waals surface area contributed by atoms with Gasteiger partial charge in [-0.15, -0.1) is 0 Å². The molecule has 0 saturated heterocycles. The number of hydrogen-bond acceptors (Lipinski definition) is 2. The predicted molar refractivity (Wildman–Crippen MR) is 75.8 cm³/mol. The smallest absolute Gasteiger partial charge is 0.138 e. The van der Waals surface area contributed by atoms with Crippen molar-refractivity contribution in [2.24, 2.45) is 5.92 Å². The van der Waals surface area contributed by atoms with E-state index in [1.165, 1.54) is 0 Å². The summed E-state index contributed by atoms with van der Waals surface area (Å²) in [6, 6.07) is 8.78. The Balaban J connectivity index is 1.88. The summed E-state index contributed by atoms with van der Waals surface area (Å²) in [5.41, 5.74) is 0.568. The third-order valence-electron chi connectivity index (χ3n) is 3.64. The Morgan fingerprint density at radius 2 is 2.00 bits per heavy atom. The van der Waals surface area contributed by atoms with Crippen molar-refractivity contribution in [3.8, 4) is 0 Å². The molecule has 1 aromatic carbocycles. The Labute approximate surface area is 122 Å². The number of benzene rings is 1. The summed E-state index contributed by atoms with van der Waals surface area (Å²) < 4.78 is 5.74. The van der Waals surface area contributed by atoms with Gasteiger partial charge in [0.15, 0.2) is 0 Å². The maximum absolute atomic E-state index is 10.3. The molecular weight excluding hydrogens is 283 g/mol. The first kappa shape index (κ1) is 13.0. The molecule has 3 rings (SSSR count). The fourth-order valence-corrected chi connectivity index (χ4v) is 2.71. The predicted octanol–water partition coefficient (Wildman–Crippen LogP) is 4.79. The molecule has 0 amide bonds. The molecule has 0 bridgehead atoms. The molecule has 1 fully saturated rings. The second kappa shape index (κ2) is 4.86. The van der Waals surface area contributed by atoms with E-state index < -0.39 is 6.10 Å². The summed E-state index contributed by atoms with van der Waals surface area (Å²) in [7, 11) is 0. The molecule has 1 N–H and O–H groups in total. The standard InChI is InChI=1S/C15H14Cl2O2/c1-8-6-10(8)13-4-5-14(19-13)15(18)11-7-9(16)2-3-12(11)17/h2-5,7-8,10,15,18H,6H2,1H3. The zero-order valence-electron chi connectivity index (χ0n) is 10.4. The molecule has 1 aliphatic rings. The Kier molecular flexibility index (Phi) is 3.34. The van der Waals surface area contributed by atoms with E-state index in [0.717, 1.165) is 12.2 Å². The molecule has 3 atom stereocenters. The molecule has 0 aliphatic heterocycles. The van der Waals surface area contributed by atoms with Crippen molar-refractivity contribution in [1.82, 2.24) is 0 Å². The van der Waals surface area contributed by atoms with Crippen LogP contribution < -0.4 is 0 Å². The van der Waals surface area contributed by atoms with Crippen molar-refractivity contribution in [1.29, 1.82) is 0 Å². The zero-order valence-corrected chi connectivity index (χ0v) is 11.9. The van der Waals surface area contributed by atoms with E-state index in [1.54, 1.807) is 18.2 Å². The molecule has 1 aliphatic carbocycles. The van der Waals surface area contributed by atoms with Crippen LogP contribution >= 0.6 is 23.2 Å². The summed E-state index contributed by atoms with van der Waals surface area (Å²) in [6.07, 6.45) is 0.273. The average Bonchev–Trinajstić information content (AvgIpc) is 2.92.